The minimum absolute atomic E-state index is 1.26. The second kappa shape index (κ2) is 28.9. The van der Waals surface area contributed by atoms with Gasteiger partial charge in [0.05, 0.1) is 0 Å². The van der Waals surface area contributed by atoms with Crippen LogP contribution in [0, 0.1) is 0 Å². The molecule has 2 unspecified atom stereocenters. The van der Waals surface area contributed by atoms with Crippen molar-refractivity contribution < 1.29 is 0 Å². The van der Waals surface area contributed by atoms with Crippen LogP contribution < -0.4 is 0 Å². The molecule has 0 aromatic heterocycles. The van der Waals surface area contributed by atoms with Gasteiger partial charge in [-0.2, -0.15) is 0 Å². The second-order valence-electron chi connectivity index (χ2n) is 9.22. The van der Waals surface area contributed by atoms with Crippen molar-refractivity contribution in [3.05, 3.63) is 0 Å². The smallest absolute Gasteiger partial charge is 0.0350 e. The Morgan fingerprint density at radius 3 is 0.828 bits per heavy atom. The Balaban J connectivity index is 2.97. The van der Waals surface area contributed by atoms with Crippen molar-refractivity contribution in [1.82, 2.24) is 0 Å². The van der Waals surface area contributed by atoms with Gasteiger partial charge in [-0.05, 0) is 43.9 Å². The Kier molecular flexibility index (Phi) is 29.7. The molecule has 29 heavy (non-hydrogen) atoms. The summed E-state index contributed by atoms with van der Waals surface area (Å²) in [5, 5.41) is 0. The normalized spacial score (nSPS) is 12.2. The van der Waals surface area contributed by atoms with Crippen molar-refractivity contribution in [3.8, 4) is 0 Å². The van der Waals surface area contributed by atoms with Crippen molar-refractivity contribution in [2.24, 2.45) is 0 Å². The molecule has 0 radical (unpaired) electrons. The lowest BCUT2D eigenvalue weighted by atomic mass is 10.1. The van der Waals surface area contributed by atoms with E-state index in [0.29, 0.717) is 0 Å². The van der Waals surface area contributed by atoms with E-state index < -0.39 is 0 Å². The number of hydrogen-bond acceptors (Lipinski definition) is 0. The minimum Gasteiger partial charge on any atom is -0.122 e. The summed E-state index contributed by atoms with van der Waals surface area (Å²) in [6, 6.07) is 0. The van der Waals surface area contributed by atoms with Crippen molar-refractivity contribution >= 4 is 17.2 Å². The Morgan fingerprint density at radius 1 is 0.276 bits per heavy atom. The van der Waals surface area contributed by atoms with Gasteiger partial charge in [-0.1, -0.05) is 129 Å². The Labute approximate surface area is 190 Å². The molecule has 0 aromatic carbocycles. The lowest BCUT2D eigenvalue weighted by Gasteiger charge is -2.05. The molecule has 0 saturated heterocycles. The molecule has 176 valence electrons. The van der Waals surface area contributed by atoms with Gasteiger partial charge in [-0.3, -0.25) is 0 Å². The molecule has 0 aromatic rings. The van der Waals surface area contributed by atoms with E-state index in [1.54, 1.807) is 0 Å². The van der Waals surface area contributed by atoms with Gasteiger partial charge in [0.2, 0.25) is 0 Å². The topological polar surface area (TPSA) is 0 Å². The Morgan fingerprint density at radius 2 is 0.517 bits per heavy atom. The predicted molar refractivity (Wildman–Crippen MR) is 144 cm³/mol. The van der Waals surface area contributed by atoms with Gasteiger partial charge in [0.15, 0.2) is 0 Å². The molecule has 0 fully saturated rings. The summed E-state index contributed by atoms with van der Waals surface area (Å²) in [5.74, 6) is 0. The number of hydrogen-bond donors (Lipinski definition) is 0. The van der Waals surface area contributed by atoms with Crippen molar-refractivity contribution in [3.63, 3.8) is 0 Å². The molecule has 0 aliphatic carbocycles. The summed E-state index contributed by atoms with van der Waals surface area (Å²) >= 11 is 0. The molecule has 0 N–H and O–H groups in total. The zero-order chi connectivity index (χ0) is 21.1. The van der Waals surface area contributed by atoms with Gasteiger partial charge in [-0.25, -0.2) is 0 Å². The van der Waals surface area contributed by atoms with E-state index in [-0.39, 0.29) is 0 Å². The van der Waals surface area contributed by atoms with Crippen molar-refractivity contribution in [2.45, 2.75) is 149 Å². The van der Waals surface area contributed by atoms with E-state index in [1.165, 1.54) is 177 Å². The van der Waals surface area contributed by atoms with Crippen LogP contribution in [0.4, 0.5) is 0 Å². The maximum atomic E-state index is 2.31. The largest absolute Gasteiger partial charge is 0.122 e. The summed E-state index contributed by atoms with van der Waals surface area (Å²) in [7, 11) is 2.52. The average molecular weight is 445 g/mol. The molecule has 0 nitrogen and oxygen atoms in total. The van der Waals surface area contributed by atoms with Gasteiger partial charge >= 0.3 is 0 Å². The molecular formula is C27H58P2. The van der Waals surface area contributed by atoms with Gasteiger partial charge in [0.25, 0.3) is 0 Å². The van der Waals surface area contributed by atoms with Crippen LogP contribution in [-0.2, 0) is 0 Å². The number of unbranched alkanes of at least 4 members (excludes halogenated alkanes) is 18. The van der Waals surface area contributed by atoms with Crippen LogP contribution >= 0.6 is 17.2 Å². The summed E-state index contributed by atoms with van der Waals surface area (Å²) in [6.45, 7) is 4.61. The highest BCUT2D eigenvalue weighted by atomic mass is 31.1. The van der Waals surface area contributed by atoms with Crippen molar-refractivity contribution in [2.75, 3.05) is 24.6 Å². The zero-order valence-electron chi connectivity index (χ0n) is 20.7. The molecule has 0 heterocycles. The molecule has 0 saturated carbocycles. The quantitative estimate of drug-likeness (QED) is 0.0919. The first-order valence-corrected chi connectivity index (χ1v) is 16.7. The first kappa shape index (κ1) is 29.9. The standard InChI is InChI=1S/C27H58P2/c1-3-5-7-9-11-13-15-17-19-21-24-28-26-23-27-29-25-22-20-18-16-14-12-10-8-6-4-2/h28-29H,3-27H2,1-2H3. The summed E-state index contributed by atoms with van der Waals surface area (Å²) in [6.07, 6.45) is 37.1. The van der Waals surface area contributed by atoms with Crippen LogP contribution in [0.1, 0.15) is 149 Å². The molecule has 0 rings (SSSR count). The highest BCUT2D eigenvalue weighted by molar-refractivity contribution is 7.39. The van der Waals surface area contributed by atoms with Gasteiger partial charge in [0.1, 0.15) is 0 Å². The van der Waals surface area contributed by atoms with Crippen LogP contribution in [-0.4, -0.2) is 24.6 Å². The molecule has 0 amide bonds. The van der Waals surface area contributed by atoms with E-state index in [9.17, 15) is 0 Å². The third-order valence-corrected chi connectivity index (χ3v) is 8.95. The predicted octanol–water partition coefficient (Wildman–Crippen LogP) is 10.6. The first-order valence-electron chi connectivity index (χ1n) is 13.8. The van der Waals surface area contributed by atoms with Gasteiger partial charge in [0, 0.05) is 0 Å². The van der Waals surface area contributed by atoms with E-state index in [2.05, 4.69) is 13.8 Å². The maximum Gasteiger partial charge on any atom is -0.0350 e. The fourth-order valence-corrected chi connectivity index (χ4v) is 6.77. The first-order chi connectivity index (χ1) is 14.4. The van der Waals surface area contributed by atoms with Gasteiger partial charge < -0.3 is 0 Å². The van der Waals surface area contributed by atoms with Crippen LogP contribution in [0.2, 0.25) is 0 Å². The van der Waals surface area contributed by atoms with E-state index in [1.807, 2.05) is 0 Å². The maximum absolute atomic E-state index is 2.31. The fourth-order valence-electron chi connectivity index (χ4n) is 4.06. The van der Waals surface area contributed by atoms with Crippen LogP contribution in [0.15, 0.2) is 0 Å². The van der Waals surface area contributed by atoms with Crippen molar-refractivity contribution in [1.29, 1.82) is 0 Å². The molecule has 2 heteroatoms. The summed E-state index contributed by atoms with van der Waals surface area (Å²) in [5.41, 5.74) is 0. The Hall–Kier alpha value is 0.860. The highest BCUT2D eigenvalue weighted by Gasteiger charge is 1.96. The van der Waals surface area contributed by atoms with E-state index in [4.69, 9.17) is 0 Å². The molecule has 0 bridgehead atoms. The molecule has 0 spiro atoms. The van der Waals surface area contributed by atoms with Gasteiger partial charge in [-0.15, -0.1) is 17.2 Å². The van der Waals surface area contributed by atoms with Crippen LogP contribution in [0.3, 0.4) is 0 Å². The highest BCUT2D eigenvalue weighted by Crippen LogP contribution is 2.21. The average Bonchev–Trinajstić information content (AvgIpc) is 2.74. The zero-order valence-corrected chi connectivity index (χ0v) is 22.7. The minimum atomic E-state index is 1.26. The monoisotopic (exact) mass is 444 g/mol. The lowest BCUT2D eigenvalue weighted by Crippen LogP contribution is -1.87. The van der Waals surface area contributed by atoms with Crippen LogP contribution in [0.5, 0.6) is 0 Å². The summed E-state index contributed by atoms with van der Waals surface area (Å²) < 4.78 is 0. The van der Waals surface area contributed by atoms with E-state index >= 15 is 0 Å². The lowest BCUT2D eigenvalue weighted by molar-refractivity contribution is 0.563. The summed E-state index contributed by atoms with van der Waals surface area (Å²) in [4.78, 5) is 0. The molecular weight excluding hydrogens is 386 g/mol. The molecule has 0 aliphatic rings. The second-order valence-corrected chi connectivity index (χ2v) is 12.2. The molecule has 2 atom stereocenters. The third-order valence-electron chi connectivity index (χ3n) is 6.12. The Bertz CT molecular complexity index is 241. The SMILES string of the molecule is CCCCCCCCCCCCPCCCPCCCCCCCCCCCC. The molecule has 0 aliphatic heterocycles. The van der Waals surface area contributed by atoms with Crippen LogP contribution in [0.25, 0.3) is 0 Å². The van der Waals surface area contributed by atoms with E-state index in [0.717, 1.165) is 0 Å². The number of rotatable bonds is 26. The fraction of sp³-hybridized carbons (Fsp3) is 1.00. The third kappa shape index (κ3) is 28.9.